The van der Waals surface area contributed by atoms with Gasteiger partial charge in [0.25, 0.3) is 0 Å². The Morgan fingerprint density at radius 2 is 2.22 bits per heavy atom. The summed E-state index contributed by atoms with van der Waals surface area (Å²) in [7, 11) is 0. The molecule has 0 radical (unpaired) electrons. The summed E-state index contributed by atoms with van der Waals surface area (Å²) in [6.07, 6.45) is 3.43. The highest BCUT2D eigenvalue weighted by atomic mass is 35.5. The fourth-order valence-electron chi connectivity index (χ4n) is 2.48. The molecule has 1 heterocycles. The number of hydrogen-bond acceptors (Lipinski definition) is 3. The number of halogens is 1. The molecular formula is C13H17ClN2O2. The number of hydrogen-bond donors (Lipinski definition) is 2. The molecule has 1 aromatic carbocycles. The molecule has 1 fully saturated rings. The smallest absolute Gasteiger partial charge is 0.335 e. The first-order chi connectivity index (χ1) is 8.50. The fraction of sp³-hybridized carbons (Fsp3) is 0.462. The third-order valence-corrected chi connectivity index (χ3v) is 3.72. The lowest BCUT2D eigenvalue weighted by atomic mass is 10.0. The van der Waals surface area contributed by atoms with Crippen LogP contribution in [0.25, 0.3) is 0 Å². The van der Waals surface area contributed by atoms with Gasteiger partial charge in [-0.15, -0.1) is 0 Å². The van der Waals surface area contributed by atoms with Crippen molar-refractivity contribution in [1.29, 1.82) is 0 Å². The van der Waals surface area contributed by atoms with Gasteiger partial charge in [0.05, 0.1) is 22.0 Å². The SMILES string of the molecule is CC1CCCCN1c1c(N)cc(C(=O)O)cc1Cl. The van der Waals surface area contributed by atoms with Crippen LogP contribution in [0.1, 0.15) is 36.5 Å². The Hall–Kier alpha value is -1.42. The van der Waals surface area contributed by atoms with Crippen LogP contribution in [0.5, 0.6) is 0 Å². The highest BCUT2D eigenvalue weighted by Gasteiger charge is 2.23. The van der Waals surface area contributed by atoms with Gasteiger partial charge in [-0.2, -0.15) is 0 Å². The van der Waals surface area contributed by atoms with E-state index in [1.54, 1.807) is 0 Å². The largest absolute Gasteiger partial charge is 0.478 e. The standard InChI is InChI=1S/C13H17ClN2O2/c1-8-4-2-3-5-16(8)12-10(14)6-9(13(17)18)7-11(12)15/h6-8H,2-5,15H2,1H3,(H,17,18). The fourth-order valence-corrected chi connectivity index (χ4v) is 2.81. The summed E-state index contributed by atoms with van der Waals surface area (Å²) in [4.78, 5) is 13.1. The van der Waals surface area contributed by atoms with Gasteiger partial charge in [-0.25, -0.2) is 4.79 Å². The molecule has 0 amide bonds. The van der Waals surface area contributed by atoms with Crippen LogP contribution in [0.3, 0.4) is 0 Å². The molecule has 1 aliphatic heterocycles. The van der Waals surface area contributed by atoms with E-state index in [1.807, 2.05) is 0 Å². The number of carboxylic acids is 1. The van der Waals surface area contributed by atoms with Gasteiger partial charge >= 0.3 is 5.97 Å². The molecule has 1 atom stereocenters. The van der Waals surface area contributed by atoms with Crippen LogP contribution < -0.4 is 10.6 Å². The Balaban J connectivity index is 2.41. The minimum absolute atomic E-state index is 0.130. The van der Waals surface area contributed by atoms with Crippen molar-refractivity contribution in [2.45, 2.75) is 32.2 Å². The molecule has 98 valence electrons. The monoisotopic (exact) mass is 268 g/mol. The number of anilines is 2. The number of nitrogen functional groups attached to an aromatic ring is 1. The highest BCUT2D eigenvalue weighted by Crippen LogP contribution is 2.37. The highest BCUT2D eigenvalue weighted by molar-refractivity contribution is 6.34. The predicted octanol–water partition coefficient (Wildman–Crippen LogP) is 3.00. The van der Waals surface area contributed by atoms with E-state index in [1.165, 1.54) is 18.6 Å². The summed E-state index contributed by atoms with van der Waals surface area (Å²) in [6.45, 7) is 3.05. The van der Waals surface area contributed by atoms with E-state index in [0.717, 1.165) is 25.1 Å². The summed E-state index contributed by atoms with van der Waals surface area (Å²) in [5, 5.41) is 9.38. The Morgan fingerprint density at radius 1 is 1.50 bits per heavy atom. The molecule has 1 saturated heterocycles. The third-order valence-electron chi connectivity index (χ3n) is 3.43. The van der Waals surface area contributed by atoms with Crippen LogP contribution in [-0.4, -0.2) is 23.7 Å². The van der Waals surface area contributed by atoms with Crippen LogP contribution in [0.4, 0.5) is 11.4 Å². The van der Waals surface area contributed by atoms with E-state index in [-0.39, 0.29) is 5.56 Å². The average Bonchev–Trinajstić information content (AvgIpc) is 2.30. The molecule has 1 aromatic rings. The van der Waals surface area contributed by atoms with Crippen LogP contribution in [0.15, 0.2) is 12.1 Å². The summed E-state index contributed by atoms with van der Waals surface area (Å²) in [5.41, 5.74) is 7.30. The van der Waals surface area contributed by atoms with E-state index < -0.39 is 5.97 Å². The second kappa shape index (κ2) is 5.06. The van der Waals surface area contributed by atoms with E-state index in [4.69, 9.17) is 22.4 Å². The average molecular weight is 269 g/mol. The number of carbonyl (C=O) groups is 1. The molecular weight excluding hydrogens is 252 g/mol. The van der Waals surface area contributed by atoms with E-state index in [2.05, 4.69) is 11.8 Å². The molecule has 4 nitrogen and oxygen atoms in total. The molecule has 0 saturated carbocycles. The second-order valence-electron chi connectivity index (χ2n) is 4.74. The lowest BCUT2D eigenvalue weighted by molar-refractivity contribution is 0.0697. The van der Waals surface area contributed by atoms with Crippen molar-refractivity contribution in [3.8, 4) is 0 Å². The number of rotatable bonds is 2. The van der Waals surface area contributed by atoms with Crippen molar-refractivity contribution >= 4 is 28.9 Å². The van der Waals surface area contributed by atoms with Gasteiger partial charge in [0, 0.05) is 12.6 Å². The number of benzene rings is 1. The summed E-state index contributed by atoms with van der Waals surface area (Å²) in [6, 6.07) is 3.33. The molecule has 0 aliphatic carbocycles. The number of piperidine rings is 1. The Kier molecular flexibility index (Phi) is 3.66. The van der Waals surface area contributed by atoms with Gasteiger partial charge in [-0.05, 0) is 38.3 Å². The van der Waals surface area contributed by atoms with Crippen molar-refractivity contribution < 1.29 is 9.90 Å². The predicted molar refractivity (Wildman–Crippen MR) is 73.5 cm³/mol. The van der Waals surface area contributed by atoms with Gasteiger partial charge in [-0.3, -0.25) is 0 Å². The first-order valence-electron chi connectivity index (χ1n) is 6.09. The van der Waals surface area contributed by atoms with Crippen molar-refractivity contribution in [2.24, 2.45) is 0 Å². The Labute approximate surface area is 111 Å². The molecule has 1 aliphatic rings. The minimum atomic E-state index is -1.01. The lowest BCUT2D eigenvalue weighted by Gasteiger charge is -2.36. The van der Waals surface area contributed by atoms with Gasteiger partial charge in [0.2, 0.25) is 0 Å². The molecule has 3 N–H and O–H groups in total. The first kappa shape index (κ1) is 13.0. The van der Waals surface area contributed by atoms with Crippen molar-refractivity contribution in [3.63, 3.8) is 0 Å². The number of aromatic carboxylic acids is 1. The normalized spacial score (nSPS) is 19.9. The zero-order chi connectivity index (χ0) is 13.3. The zero-order valence-electron chi connectivity index (χ0n) is 10.3. The topological polar surface area (TPSA) is 66.6 Å². The molecule has 0 aromatic heterocycles. The van der Waals surface area contributed by atoms with Crippen molar-refractivity contribution in [2.75, 3.05) is 17.2 Å². The lowest BCUT2D eigenvalue weighted by Crippen LogP contribution is -2.38. The van der Waals surface area contributed by atoms with Crippen LogP contribution >= 0.6 is 11.6 Å². The number of nitrogens with two attached hydrogens (primary N) is 1. The van der Waals surface area contributed by atoms with Crippen molar-refractivity contribution in [1.82, 2.24) is 0 Å². The summed E-state index contributed by atoms with van der Waals surface area (Å²) >= 11 is 6.19. The maximum Gasteiger partial charge on any atom is 0.335 e. The van der Waals surface area contributed by atoms with Crippen LogP contribution in [0.2, 0.25) is 5.02 Å². The summed E-state index contributed by atoms with van der Waals surface area (Å²) in [5.74, 6) is -1.01. The van der Waals surface area contributed by atoms with Crippen LogP contribution in [0, 0.1) is 0 Å². The third kappa shape index (κ3) is 2.38. The second-order valence-corrected chi connectivity index (χ2v) is 5.15. The zero-order valence-corrected chi connectivity index (χ0v) is 11.1. The summed E-state index contributed by atoms with van der Waals surface area (Å²) < 4.78 is 0. The molecule has 2 rings (SSSR count). The number of nitrogens with zero attached hydrogens (tertiary/aromatic N) is 1. The minimum Gasteiger partial charge on any atom is -0.478 e. The van der Waals surface area contributed by atoms with Gasteiger partial charge < -0.3 is 15.7 Å². The van der Waals surface area contributed by atoms with Crippen molar-refractivity contribution in [3.05, 3.63) is 22.7 Å². The molecule has 0 bridgehead atoms. The van der Waals surface area contributed by atoms with Gasteiger partial charge in [-0.1, -0.05) is 11.6 Å². The van der Waals surface area contributed by atoms with Gasteiger partial charge in [0.1, 0.15) is 0 Å². The van der Waals surface area contributed by atoms with Gasteiger partial charge in [0.15, 0.2) is 0 Å². The first-order valence-corrected chi connectivity index (χ1v) is 6.47. The molecule has 18 heavy (non-hydrogen) atoms. The van der Waals surface area contributed by atoms with Crippen LogP contribution in [-0.2, 0) is 0 Å². The maximum absolute atomic E-state index is 10.9. The Morgan fingerprint density at radius 3 is 2.78 bits per heavy atom. The van der Waals surface area contributed by atoms with E-state index in [9.17, 15) is 4.79 Å². The quantitative estimate of drug-likeness (QED) is 0.809. The maximum atomic E-state index is 10.9. The number of carboxylic acid groups (broad SMARTS) is 1. The molecule has 0 spiro atoms. The Bertz CT molecular complexity index is 453. The van der Waals surface area contributed by atoms with E-state index >= 15 is 0 Å². The van der Waals surface area contributed by atoms with E-state index in [0.29, 0.717) is 16.8 Å². The molecule has 5 heteroatoms. The molecule has 1 unspecified atom stereocenters.